The minimum Gasteiger partial charge on any atom is -0.388 e. The van der Waals surface area contributed by atoms with Gasteiger partial charge in [-0.25, -0.2) is 0 Å². The highest BCUT2D eigenvalue weighted by Gasteiger charge is 2.52. The van der Waals surface area contributed by atoms with Crippen molar-refractivity contribution in [2.75, 3.05) is 0 Å². The first-order chi connectivity index (χ1) is 6.33. The number of carbonyl (C=O) groups is 1. The van der Waals surface area contributed by atoms with Crippen LogP contribution in [-0.2, 0) is 4.79 Å². The Hall–Kier alpha value is -0.570. The second kappa shape index (κ2) is 2.72. The van der Waals surface area contributed by atoms with Gasteiger partial charge in [-0.2, -0.15) is 0 Å². The molecule has 3 heteroatoms. The zero-order valence-corrected chi connectivity index (χ0v) is 9.13. The monoisotopic (exact) mass is 197 g/mol. The number of aliphatic hydroxyl groups is 1. The fourth-order valence-electron chi connectivity index (χ4n) is 2.12. The van der Waals surface area contributed by atoms with E-state index in [1.165, 1.54) is 0 Å². The number of amides is 1. The first kappa shape index (κ1) is 9.97. The molecule has 0 aromatic carbocycles. The van der Waals surface area contributed by atoms with Gasteiger partial charge in [0.15, 0.2) is 0 Å². The number of carbonyl (C=O) groups excluding carboxylic acids is 1. The van der Waals surface area contributed by atoms with Crippen molar-refractivity contribution < 1.29 is 9.90 Å². The van der Waals surface area contributed by atoms with Gasteiger partial charge in [-0.3, -0.25) is 4.79 Å². The maximum absolute atomic E-state index is 11.7. The molecule has 2 aliphatic carbocycles. The maximum Gasteiger partial charge on any atom is 0.223 e. The Labute approximate surface area is 84.9 Å². The van der Waals surface area contributed by atoms with Crippen LogP contribution in [0.4, 0.5) is 0 Å². The summed E-state index contributed by atoms with van der Waals surface area (Å²) in [6, 6.07) is -0.0219. The highest BCUT2D eigenvalue weighted by molar-refractivity contribution is 5.82. The molecule has 2 aliphatic rings. The molecule has 0 radical (unpaired) electrons. The largest absolute Gasteiger partial charge is 0.388 e. The van der Waals surface area contributed by atoms with Gasteiger partial charge in [0, 0.05) is 5.92 Å². The average Bonchev–Trinajstić information content (AvgIpc) is 2.69. The van der Waals surface area contributed by atoms with Gasteiger partial charge in [0.25, 0.3) is 0 Å². The van der Waals surface area contributed by atoms with Crippen LogP contribution in [0.2, 0.25) is 0 Å². The Kier molecular flexibility index (Phi) is 1.94. The van der Waals surface area contributed by atoms with E-state index in [1.54, 1.807) is 6.92 Å². The van der Waals surface area contributed by atoms with Crippen molar-refractivity contribution >= 4 is 5.91 Å². The first-order valence-electron chi connectivity index (χ1n) is 5.36. The van der Waals surface area contributed by atoms with Crippen LogP contribution in [0, 0.1) is 11.3 Å². The second-order valence-corrected chi connectivity index (χ2v) is 5.70. The van der Waals surface area contributed by atoms with E-state index >= 15 is 0 Å². The van der Waals surface area contributed by atoms with Crippen LogP contribution in [0.15, 0.2) is 0 Å². The lowest BCUT2D eigenvalue weighted by molar-refractivity contribution is -0.129. The van der Waals surface area contributed by atoms with Crippen LogP contribution in [0.3, 0.4) is 0 Å². The summed E-state index contributed by atoms with van der Waals surface area (Å²) in [5.41, 5.74) is -0.492. The molecule has 2 fully saturated rings. The van der Waals surface area contributed by atoms with Gasteiger partial charge >= 0.3 is 0 Å². The van der Waals surface area contributed by atoms with E-state index in [9.17, 15) is 9.90 Å². The highest BCUT2D eigenvalue weighted by atomic mass is 16.3. The zero-order chi connectivity index (χ0) is 10.6. The minimum absolute atomic E-state index is 0.0219. The van der Waals surface area contributed by atoms with Crippen LogP contribution in [-0.4, -0.2) is 22.7 Å². The number of hydrogen-bond acceptors (Lipinski definition) is 2. The quantitative estimate of drug-likeness (QED) is 0.695. The van der Waals surface area contributed by atoms with E-state index in [-0.39, 0.29) is 23.3 Å². The molecule has 0 bridgehead atoms. The SMILES string of the molecule is CC1(C)CC1C(=O)N[C@@H]1CC[C@]1(C)O. The summed E-state index contributed by atoms with van der Waals surface area (Å²) in [5, 5.41) is 12.7. The molecule has 0 saturated heterocycles. The summed E-state index contributed by atoms with van der Waals surface area (Å²) in [5.74, 6) is 0.291. The molecule has 14 heavy (non-hydrogen) atoms. The summed E-state index contributed by atoms with van der Waals surface area (Å²) in [7, 11) is 0. The normalized spacial score (nSPS) is 44.0. The van der Waals surface area contributed by atoms with Gasteiger partial charge in [-0.05, 0) is 31.6 Å². The molecule has 0 aromatic heterocycles. The molecular weight excluding hydrogens is 178 g/mol. The van der Waals surface area contributed by atoms with Crippen molar-refractivity contribution in [2.45, 2.75) is 51.7 Å². The molecule has 2 N–H and O–H groups in total. The van der Waals surface area contributed by atoms with Crippen molar-refractivity contribution in [3.63, 3.8) is 0 Å². The fraction of sp³-hybridized carbons (Fsp3) is 0.909. The number of hydrogen-bond donors (Lipinski definition) is 2. The molecule has 0 heterocycles. The highest BCUT2D eigenvalue weighted by Crippen LogP contribution is 2.51. The minimum atomic E-state index is -0.672. The van der Waals surface area contributed by atoms with Crippen molar-refractivity contribution in [2.24, 2.45) is 11.3 Å². The molecular formula is C11H19NO2. The Bertz CT molecular complexity index is 270. The van der Waals surface area contributed by atoms with E-state index in [0.29, 0.717) is 0 Å². The molecule has 1 amide bonds. The van der Waals surface area contributed by atoms with E-state index in [4.69, 9.17) is 0 Å². The Morgan fingerprint density at radius 1 is 1.43 bits per heavy atom. The van der Waals surface area contributed by atoms with Gasteiger partial charge in [-0.1, -0.05) is 13.8 Å². The summed E-state index contributed by atoms with van der Waals surface area (Å²) in [4.78, 5) is 11.7. The second-order valence-electron chi connectivity index (χ2n) is 5.70. The maximum atomic E-state index is 11.7. The summed E-state index contributed by atoms with van der Waals surface area (Å²) >= 11 is 0. The van der Waals surface area contributed by atoms with Crippen molar-refractivity contribution in [1.29, 1.82) is 0 Å². The third kappa shape index (κ3) is 1.54. The molecule has 1 unspecified atom stereocenters. The van der Waals surface area contributed by atoms with E-state index in [0.717, 1.165) is 19.3 Å². The van der Waals surface area contributed by atoms with Crippen LogP contribution in [0.1, 0.15) is 40.0 Å². The summed E-state index contributed by atoms with van der Waals surface area (Å²) in [6.45, 7) is 6.01. The molecule has 0 aromatic rings. The summed E-state index contributed by atoms with van der Waals surface area (Å²) in [6.07, 6.45) is 2.69. The Morgan fingerprint density at radius 2 is 2.00 bits per heavy atom. The topological polar surface area (TPSA) is 49.3 Å². The van der Waals surface area contributed by atoms with E-state index in [1.807, 2.05) is 0 Å². The van der Waals surface area contributed by atoms with Gasteiger partial charge in [-0.15, -0.1) is 0 Å². The van der Waals surface area contributed by atoms with E-state index < -0.39 is 5.60 Å². The van der Waals surface area contributed by atoms with Gasteiger partial charge in [0.05, 0.1) is 11.6 Å². The predicted molar refractivity (Wildman–Crippen MR) is 53.7 cm³/mol. The smallest absolute Gasteiger partial charge is 0.223 e. The van der Waals surface area contributed by atoms with Crippen LogP contribution >= 0.6 is 0 Å². The first-order valence-corrected chi connectivity index (χ1v) is 5.36. The third-order valence-electron chi connectivity index (χ3n) is 3.84. The molecule has 0 spiro atoms. The van der Waals surface area contributed by atoms with Crippen LogP contribution in [0.5, 0.6) is 0 Å². The standard InChI is InChI=1S/C11H19NO2/c1-10(2)6-7(10)9(13)12-8-4-5-11(8,3)14/h7-8,14H,4-6H2,1-3H3,(H,12,13)/t7?,8-,11+/m1/s1. The fourth-order valence-corrected chi connectivity index (χ4v) is 2.12. The third-order valence-corrected chi connectivity index (χ3v) is 3.84. The number of rotatable bonds is 2. The lowest BCUT2D eigenvalue weighted by Crippen LogP contribution is -2.58. The Morgan fingerprint density at radius 3 is 2.29 bits per heavy atom. The van der Waals surface area contributed by atoms with Gasteiger partial charge in [0.1, 0.15) is 0 Å². The van der Waals surface area contributed by atoms with Crippen molar-refractivity contribution in [3.05, 3.63) is 0 Å². The lowest BCUT2D eigenvalue weighted by atomic mass is 9.76. The average molecular weight is 197 g/mol. The molecule has 3 nitrogen and oxygen atoms in total. The zero-order valence-electron chi connectivity index (χ0n) is 9.13. The van der Waals surface area contributed by atoms with Crippen molar-refractivity contribution in [3.8, 4) is 0 Å². The van der Waals surface area contributed by atoms with Crippen molar-refractivity contribution in [1.82, 2.24) is 5.32 Å². The van der Waals surface area contributed by atoms with E-state index in [2.05, 4.69) is 19.2 Å². The molecule has 80 valence electrons. The lowest BCUT2D eigenvalue weighted by Gasteiger charge is -2.43. The molecule has 2 rings (SSSR count). The molecule has 2 saturated carbocycles. The predicted octanol–water partition coefficient (Wildman–Crippen LogP) is 1.06. The molecule has 3 atom stereocenters. The van der Waals surface area contributed by atoms with Crippen LogP contribution < -0.4 is 5.32 Å². The number of nitrogens with one attached hydrogen (secondary N) is 1. The summed E-state index contributed by atoms with van der Waals surface area (Å²) < 4.78 is 0. The Balaban J connectivity index is 1.85. The van der Waals surface area contributed by atoms with Crippen LogP contribution in [0.25, 0.3) is 0 Å². The molecule has 0 aliphatic heterocycles. The van der Waals surface area contributed by atoms with Gasteiger partial charge in [0.2, 0.25) is 5.91 Å². The van der Waals surface area contributed by atoms with Gasteiger partial charge < -0.3 is 10.4 Å².